The Bertz CT molecular complexity index is 1230. The highest BCUT2D eigenvalue weighted by Gasteiger charge is 2.49. The number of amidine groups is 1. The van der Waals surface area contributed by atoms with E-state index in [9.17, 15) is 14.4 Å². The van der Waals surface area contributed by atoms with Gasteiger partial charge in [0.05, 0.1) is 11.4 Å². The van der Waals surface area contributed by atoms with Crippen molar-refractivity contribution in [1.82, 2.24) is 10.2 Å². The van der Waals surface area contributed by atoms with Gasteiger partial charge in [0.2, 0.25) is 0 Å². The molecule has 2 aromatic carbocycles. The quantitative estimate of drug-likeness (QED) is 0.492. The number of hydrogen-bond donors (Lipinski definition) is 1. The molecule has 3 amide bonds. The van der Waals surface area contributed by atoms with Gasteiger partial charge >= 0.3 is 0 Å². The van der Waals surface area contributed by atoms with E-state index in [-0.39, 0.29) is 17.1 Å². The van der Waals surface area contributed by atoms with Crippen molar-refractivity contribution in [2.24, 2.45) is 4.99 Å². The SMILES string of the molecule is CCCCC1=NC2(CCCC2)C(=O)N1Cc1ccc(-c2ccccc2/C=C2\SC(=O)NC2=O)cc1. The molecule has 3 aliphatic rings. The fourth-order valence-electron chi connectivity index (χ4n) is 5.12. The number of nitrogens with zero attached hydrogens (tertiary/aromatic N) is 2. The maximum absolute atomic E-state index is 13.4. The second-order valence-corrected chi connectivity index (χ2v) is 10.4. The van der Waals surface area contributed by atoms with Crippen LogP contribution in [0.1, 0.15) is 63.0 Å². The van der Waals surface area contributed by atoms with Crippen molar-refractivity contribution in [2.45, 2.75) is 64.0 Å². The Morgan fingerprint density at radius 1 is 1.06 bits per heavy atom. The van der Waals surface area contributed by atoms with Crippen molar-refractivity contribution >= 4 is 40.7 Å². The smallest absolute Gasteiger partial charge is 0.290 e. The highest BCUT2D eigenvalue weighted by atomic mass is 32.2. The molecular formula is C28H29N3O3S. The second kappa shape index (κ2) is 9.82. The third-order valence-corrected chi connectivity index (χ3v) is 7.79. The molecule has 0 atom stereocenters. The Hall–Kier alpha value is -3.19. The van der Waals surface area contributed by atoms with E-state index in [4.69, 9.17) is 4.99 Å². The Labute approximate surface area is 209 Å². The van der Waals surface area contributed by atoms with Gasteiger partial charge in [0.1, 0.15) is 11.4 Å². The first-order chi connectivity index (χ1) is 17.0. The summed E-state index contributed by atoms with van der Waals surface area (Å²) in [6, 6.07) is 16.0. The molecule has 1 aliphatic carbocycles. The van der Waals surface area contributed by atoms with E-state index in [1.807, 2.05) is 29.2 Å². The van der Waals surface area contributed by atoms with E-state index in [1.165, 1.54) is 0 Å². The lowest BCUT2D eigenvalue weighted by Gasteiger charge is -2.23. The summed E-state index contributed by atoms with van der Waals surface area (Å²) >= 11 is 0.919. The van der Waals surface area contributed by atoms with Crippen LogP contribution in [0.5, 0.6) is 0 Å². The lowest BCUT2D eigenvalue weighted by Crippen LogP contribution is -2.40. The number of rotatable bonds is 7. The van der Waals surface area contributed by atoms with E-state index < -0.39 is 5.54 Å². The molecule has 0 radical (unpaired) electrons. The molecule has 35 heavy (non-hydrogen) atoms. The number of aliphatic imine (C=N–C) groups is 1. The number of hydrogen-bond acceptors (Lipinski definition) is 5. The maximum atomic E-state index is 13.4. The fourth-order valence-corrected chi connectivity index (χ4v) is 5.79. The molecule has 0 aromatic heterocycles. The Morgan fingerprint density at radius 3 is 2.49 bits per heavy atom. The maximum Gasteiger partial charge on any atom is 0.290 e. The van der Waals surface area contributed by atoms with E-state index in [1.54, 1.807) is 6.08 Å². The largest absolute Gasteiger partial charge is 0.294 e. The van der Waals surface area contributed by atoms with Crippen LogP contribution in [0.4, 0.5) is 4.79 Å². The Kier molecular flexibility index (Phi) is 6.60. The summed E-state index contributed by atoms with van der Waals surface area (Å²) in [6.07, 6.45) is 8.59. The van der Waals surface area contributed by atoms with E-state index in [2.05, 4.69) is 36.5 Å². The van der Waals surface area contributed by atoms with Crippen molar-refractivity contribution in [3.8, 4) is 11.1 Å². The van der Waals surface area contributed by atoms with Crippen molar-refractivity contribution < 1.29 is 14.4 Å². The van der Waals surface area contributed by atoms with Crippen molar-refractivity contribution in [2.75, 3.05) is 0 Å². The van der Waals surface area contributed by atoms with Gasteiger partial charge in [-0.2, -0.15) is 0 Å². The molecule has 1 N–H and O–H groups in total. The molecule has 1 saturated heterocycles. The van der Waals surface area contributed by atoms with Crippen LogP contribution >= 0.6 is 11.8 Å². The summed E-state index contributed by atoms with van der Waals surface area (Å²) < 4.78 is 0. The van der Waals surface area contributed by atoms with Gasteiger partial charge in [-0.25, -0.2) is 0 Å². The minimum absolute atomic E-state index is 0.170. The number of imide groups is 1. The predicted octanol–water partition coefficient (Wildman–Crippen LogP) is 5.92. The summed E-state index contributed by atoms with van der Waals surface area (Å²) in [6.45, 7) is 2.70. The number of amides is 3. The summed E-state index contributed by atoms with van der Waals surface area (Å²) in [5.41, 5.74) is 3.41. The van der Waals surface area contributed by atoms with E-state index >= 15 is 0 Å². The summed E-state index contributed by atoms with van der Waals surface area (Å²) in [7, 11) is 0. The van der Waals surface area contributed by atoms with Gasteiger partial charge in [-0.15, -0.1) is 0 Å². The van der Waals surface area contributed by atoms with Gasteiger partial charge < -0.3 is 0 Å². The van der Waals surface area contributed by atoms with Crippen molar-refractivity contribution in [3.63, 3.8) is 0 Å². The van der Waals surface area contributed by atoms with Crippen LogP contribution in [0.15, 0.2) is 58.4 Å². The minimum atomic E-state index is -0.513. The van der Waals surface area contributed by atoms with Gasteiger partial charge in [-0.1, -0.05) is 74.7 Å². The van der Waals surface area contributed by atoms with E-state index in [0.29, 0.717) is 11.4 Å². The average molecular weight is 488 g/mol. The van der Waals surface area contributed by atoms with E-state index in [0.717, 1.165) is 84.8 Å². The number of nitrogens with one attached hydrogen (secondary N) is 1. The highest BCUT2D eigenvalue weighted by molar-refractivity contribution is 8.18. The van der Waals surface area contributed by atoms with Crippen molar-refractivity contribution in [1.29, 1.82) is 0 Å². The summed E-state index contributed by atoms with van der Waals surface area (Å²) in [4.78, 5) is 44.2. The third kappa shape index (κ3) is 4.69. The normalized spacial score (nSPS) is 20.3. The molecule has 7 heteroatoms. The number of unbranched alkanes of at least 4 members (excludes halogenated alkanes) is 1. The number of carbonyl (C=O) groups is 3. The molecule has 2 heterocycles. The fraction of sp³-hybridized carbons (Fsp3) is 0.357. The third-order valence-electron chi connectivity index (χ3n) is 6.98. The molecule has 2 aromatic rings. The standard InChI is InChI=1S/C28H29N3O3S/c1-2-3-10-24-30-28(15-6-7-16-28)26(33)31(24)18-19-11-13-20(14-12-19)22-9-5-4-8-21(22)17-23-25(32)29-27(34)35-23/h4-5,8-9,11-14,17H,2-3,6-7,10,15-16,18H2,1H3,(H,29,32,34)/b23-17-. The molecule has 5 rings (SSSR count). The monoisotopic (exact) mass is 487 g/mol. The van der Waals surface area contributed by atoms with Crippen LogP contribution in [0.2, 0.25) is 0 Å². The summed E-state index contributed by atoms with van der Waals surface area (Å²) in [5.74, 6) is 0.756. The highest BCUT2D eigenvalue weighted by Crippen LogP contribution is 2.40. The van der Waals surface area contributed by atoms with Gasteiger partial charge in [-0.3, -0.25) is 29.6 Å². The van der Waals surface area contributed by atoms with Gasteiger partial charge in [0, 0.05) is 6.42 Å². The first kappa shape index (κ1) is 23.5. The van der Waals surface area contributed by atoms with Crippen molar-refractivity contribution in [3.05, 3.63) is 64.6 Å². The van der Waals surface area contributed by atoms with Crippen LogP contribution in [0.3, 0.4) is 0 Å². The molecule has 1 saturated carbocycles. The molecule has 6 nitrogen and oxygen atoms in total. The number of carbonyl (C=O) groups excluding carboxylic acids is 3. The molecule has 2 fully saturated rings. The van der Waals surface area contributed by atoms with Crippen LogP contribution in [-0.2, 0) is 16.1 Å². The zero-order valence-electron chi connectivity index (χ0n) is 19.9. The average Bonchev–Trinajstić information content (AvgIpc) is 3.53. The molecule has 2 aliphatic heterocycles. The van der Waals surface area contributed by atoms with Gasteiger partial charge in [0.25, 0.3) is 17.1 Å². The molecule has 1 spiro atoms. The minimum Gasteiger partial charge on any atom is -0.294 e. The first-order valence-corrected chi connectivity index (χ1v) is 13.1. The number of thioether (sulfide) groups is 1. The van der Waals surface area contributed by atoms with Crippen LogP contribution in [0, 0.1) is 0 Å². The zero-order chi connectivity index (χ0) is 24.4. The van der Waals surface area contributed by atoms with Gasteiger partial charge in [0.15, 0.2) is 0 Å². The number of benzene rings is 2. The molecular weight excluding hydrogens is 458 g/mol. The van der Waals surface area contributed by atoms with Crippen LogP contribution < -0.4 is 5.32 Å². The first-order valence-electron chi connectivity index (χ1n) is 12.3. The van der Waals surface area contributed by atoms with Crippen LogP contribution in [-0.4, -0.2) is 33.3 Å². The molecule has 0 unspecified atom stereocenters. The zero-order valence-corrected chi connectivity index (χ0v) is 20.7. The second-order valence-electron chi connectivity index (χ2n) is 9.40. The lowest BCUT2D eigenvalue weighted by molar-refractivity contribution is -0.131. The topological polar surface area (TPSA) is 78.8 Å². The Morgan fingerprint density at radius 2 is 1.80 bits per heavy atom. The van der Waals surface area contributed by atoms with Crippen LogP contribution in [0.25, 0.3) is 17.2 Å². The predicted molar refractivity (Wildman–Crippen MR) is 140 cm³/mol. The Balaban J connectivity index is 1.37. The lowest BCUT2D eigenvalue weighted by atomic mass is 9.97. The molecule has 180 valence electrons. The van der Waals surface area contributed by atoms with Gasteiger partial charge in [-0.05, 0) is 59.4 Å². The summed E-state index contributed by atoms with van der Waals surface area (Å²) in [5, 5.41) is 1.95. The molecule has 0 bridgehead atoms.